The molecule has 0 aromatic heterocycles. The zero-order chi connectivity index (χ0) is 9.90. The molecule has 13 heavy (non-hydrogen) atoms. The third kappa shape index (κ3) is 2.70. The van der Waals surface area contributed by atoms with Gasteiger partial charge in [-0.05, 0) is 46.6 Å². The predicted octanol–water partition coefficient (Wildman–Crippen LogP) is 3.44. The zero-order valence-corrected chi connectivity index (χ0v) is 9.77. The number of nitrogens with zero attached hydrogens (tertiary/aromatic N) is 1. The third-order valence-corrected chi connectivity index (χ3v) is 3.47. The summed E-state index contributed by atoms with van der Waals surface area (Å²) in [5.74, 6) is 0. The van der Waals surface area contributed by atoms with E-state index in [0.29, 0.717) is 5.54 Å². The Morgan fingerprint density at radius 3 is 2.62 bits per heavy atom. The van der Waals surface area contributed by atoms with Crippen molar-refractivity contribution >= 4 is 0 Å². The second kappa shape index (κ2) is 4.45. The Kier molecular flexibility index (Phi) is 3.78. The van der Waals surface area contributed by atoms with Crippen molar-refractivity contribution in [3.8, 4) is 0 Å². The van der Waals surface area contributed by atoms with Crippen LogP contribution < -0.4 is 0 Å². The molecule has 1 aliphatic rings. The van der Waals surface area contributed by atoms with Crippen LogP contribution in [-0.2, 0) is 0 Å². The van der Waals surface area contributed by atoms with Crippen molar-refractivity contribution in [1.29, 1.82) is 0 Å². The maximum absolute atomic E-state index is 2.71. The molecule has 1 fully saturated rings. The first-order chi connectivity index (χ1) is 6.08. The average molecular weight is 183 g/mol. The van der Waals surface area contributed by atoms with Crippen molar-refractivity contribution in [1.82, 2.24) is 4.90 Å². The molecule has 0 aromatic rings. The Morgan fingerprint density at radius 1 is 1.38 bits per heavy atom. The molecule has 1 saturated heterocycles. The van der Waals surface area contributed by atoms with E-state index in [0.717, 1.165) is 6.04 Å². The second-order valence-electron chi connectivity index (χ2n) is 5.10. The molecule has 0 radical (unpaired) electrons. The molecule has 0 saturated carbocycles. The van der Waals surface area contributed by atoms with Gasteiger partial charge in [0.25, 0.3) is 0 Å². The average Bonchev–Trinajstić information content (AvgIpc) is 2.02. The van der Waals surface area contributed by atoms with E-state index >= 15 is 0 Å². The van der Waals surface area contributed by atoms with Gasteiger partial charge in [0.2, 0.25) is 0 Å². The summed E-state index contributed by atoms with van der Waals surface area (Å²) in [4.78, 5) is 2.71. The molecule has 1 heterocycles. The highest BCUT2D eigenvalue weighted by molar-refractivity contribution is 4.89. The molecule has 0 N–H and O–H groups in total. The smallest absolute Gasteiger partial charge is 0.0156 e. The molecule has 0 spiro atoms. The van der Waals surface area contributed by atoms with Crippen LogP contribution in [-0.4, -0.2) is 23.0 Å². The van der Waals surface area contributed by atoms with Crippen molar-refractivity contribution in [2.45, 2.75) is 71.4 Å². The summed E-state index contributed by atoms with van der Waals surface area (Å²) >= 11 is 0. The zero-order valence-electron chi connectivity index (χ0n) is 9.77. The summed E-state index contributed by atoms with van der Waals surface area (Å²) < 4.78 is 0. The summed E-state index contributed by atoms with van der Waals surface area (Å²) in [6.45, 7) is 10.8. The molecule has 1 atom stereocenters. The number of hydrogen-bond donors (Lipinski definition) is 0. The van der Waals surface area contributed by atoms with Crippen molar-refractivity contribution in [3.63, 3.8) is 0 Å². The van der Waals surface area contributed by atoms with Gasteiger partial charge < -0.3 is 0 Å². The van der Waals surface area contributed by atoms with Crippen LogP contribution in [0, 0.1) is 0 Å². The minimum absolute atomic E-state index is 0.451. The Bertz CT molecular complexity index is 151. The highest BCUT2D eigenvalue weighted by Gasteiger charge is 2.33. The minimum atomic E-state index is 0.451. The maximum atomic E-state index is 2.71. The fourth-order valence-corrected chi connectivity index (χ4v) is 2.58. The highest BCUT2D eigenvalue weighted by Crippen LogP contribution is 2.31. The largest absolute Gasteiger partial charge is 0.296 e. The Morgan fingerprint density at radius 2 is 2.08 bits per heavy atom. The normalized spacial score (nSPS) is 29.1. The molecule has 1 aliphatic heterocycles. The van der Waals surface area contributed by atoms with Crippen LogP contribution in [0.25, 0.3) is 0 Å². The standard InChI is InChI=1S/C12H25N/c1-5-6-10-13-11(2)8-7-9-12(13,3)4/h11H,5-10H2,1-4H3. The van der Waals surface area contributed by atoms with Crippen LogP contribution in [0.15, 0.2) is 0 Å². The van der Waals surface area contributed by atoms with Crippen molar-refractivity contribution in [3.05, 3.63) is 0 Å². The topological polar surface area (TPSA) is 3.24 Å². The van der Waals surface area contributed by atoms with Gasteiger partial charge in [0.05, 0.1) is 0 Å². The van der Waals surface area contributed by atoms with E-state index in [-0.39, 0.29) is 0 Å². The lowest BCUT2D eigenvalue weighted by atomic mass is 9.86. The molecule has 1 nitrogen and oxygen atoms in total. The molecular weight excluding hydrogens is 158 g/mol. The number of rotatable bonds is 3. The van der Waals surface area contributed by atoms with E-state index in [2.05, 4.69) is 32.6 Å². The minimum Gasteiger partial charge on any atom is -0.296 e. The van der Waals surface area contributed by atoms with Crippen LogP contribution in [0.3, 0.4) is 0 Å². The van der Waals surface area contributed by atoms with E-state index in [9.17, 15) is 0 Å². The first-order valence-electron chi connectivity index (χ1n) is 5.84. The first-order valence-corrected chi connectivity index (χ1v) is 5.84. The Balaban J connectivity index is 2.52. The van der Waals surface area contributed by atoms with Gasteiger partial charge in [0.15, 0.2) is 0 Å². The molecule has 0 bridgehead atoms. The highest BCUT2D eigenvalue weighted by atomic mass is 15.2. The molecule has 1 unspecified atom stereocenters. The maximum Gasteiger partial charge on any atom is 0.0156 e. The van der Waals surface area contributed by atoms with Gasteiger partial charge in [-0.2, -0.15) is 0 Å². The van der Waals surface area contributed by atoms with Crippen LogP contribution in [0.4, 0.5) is 0 Å². The fraction of sp³-hybridized carbons (Fsp3) is 1.00. The summed E-state index contributed by atoms with van der Waals surface area (Å²) in [6, 6.07) is 0.801. The number of hydrogen-bond acceptors (Lipinski definition) is 1. The quantitative estimate of drug-likeness (QED) is 0.648. The SMILES string of the molecule is CCCCN1C(C)CCCC1(C)C. The lowest BCUT2D eigenvalue weighted by Gasteiger charge is -2.47. The predicted molar refractivity (Wildman–Crippen MR) is 59.0 cm³/mol. The van der Waals surface area contributed by atoms with Crippen LogP contribution in [0.1, 0.15) is 59.8 Å². The van der Waals surface area contributed by atoms with E-state index in [1.165, 1.54) is 38.6 Å². The van der Waals surface area contributed by atoms with Gasteiger partial charge in [0, 0.05) is 11.6 Å². The van der Waals surface area contributed by atoms with Crippen molar-refractivity contribution in [2.24, 2.45) is 0 Å². The van der Waals surface area contributed by atoms with Crippen LogP contribution >= 0.6 is 0 Å². The number of likely N-dealkylation sites (tertiary alicyclic amines) is 1. The molecule has 0 aliphatic carbocycles. The van der Waals surface area contributed by atoms with Crippen molar-refractivity contribution in [2.75, 3.05) is 6.54 Å². The summed E-state index contributed by atoms with van der Waals surface area (Å²) in [7, 11) is 0. The Labute approximate surface area is 83.5 Å². The second-order valence-corrected chi connectivity index (χ2v) is 5.10. The summed E-state index contributed by atoms with van der Waals surface area (Å²) in [5, 5.41) is 0. The van der Waals surface area contributed by atoms with E-state index in [4.69, 9.17) is 0 Å². The lowest BCUT2D eigenvalue weighted by molar-refractivity contribution is 0.0306. The molecular formula is C12H25N. The van der Waals surface area contributed by atoms with Gasteiger partial charge in [-0.3, -0.25) is 4.90 Å². The fourth-order valence-electron chi connectivity index (χ4n) is 2.58. The van der Waals surface area contributed by atoms with Gasteiger partial charge in [-0.1, -0.05) is 19.8 Å². The van der Waals surface area contributed by atoms with Crippen LogP contribution in [0.2, 0.25) is 0 Å². The molecule has 78 valence electrons. The van der Waals surface area contributed by atoms with Gasteiger partial charge in [0.1, 0.15) is 0 Å². The molecule has 0 aromatic carbocycles. The van der Waals surface area contributed by atoms with Gasteiger partial charge >= 0.3 is 0 Å². The monoisotopic (exact) mass is 183 g/mol. The molecule has 0 amide bonds. The molecule has 1 rings (SSSR count). The van der Waals surface area contributed by atoms with E-state index in [1.807, 2.05) is 0 Å². The number of unbranched alkanes of at least 4 members (excludes halogenated alkanes) is 1. The lowest BCUT2D eigenvalue weighted by Crippen LogP contribution is -2.52. The summed E-state index contributed by atoms with van der Waals surface area (Å²) in [6.07, 6.45) is 6.86. The first kappa shape index (κ1) is 11.0. The molecule has 1 heteroatoms. The van der Waals surface area contributed by atoms with E-state index in [1.54, 1.807) is 0 Å². The van der Waals surface area contributed by atoms with Gasteiger partial charge in [-0.25, -0.2) is 0 Å². The van der Waals surface area contributed by atoms with Crippen molar-refractivity contribution < 1.29 is 0 Å². The van der Waals surface area contributed by atoms with Crippen LogP contribution in [0.5, 0.6) is 0 Å². The summed E-state index contributed by atoms with van der Waals surface area (Å²) in [5.41, 5.74) is 0.451. The van der Waals surface area contributed by atoms with Gasteiger partial charge in [-0.15, -0.1) is 0 Å². The number of piperidine rings is 1. The van der Waals surface area contributed by atoms with E-state index < -0.39 is 0 Å². The Hall–Kier alpha value is -0.0400. The third-order valence-electron chi connectivity index (χ3n) is 3.47.